The summed E-state index contributed by atoms with van der Waals surface area (Å²) in [6.07, 6.45) is 0. The molecule has 0 bridgehead atoms. The molecule has 1 aromatic rings. The van der Waals surface area contributed by atoms with E-state index in [1.54, 1.807) is 22.5 Å². The molecule has 1 saturated heterocycles. The number of benzene rings is 1. The Morgan fingerprint density at radius 1 is 1.40 bits per heavy atom. The second kappa shape index (κ2) is 5.67. The third-order valence-corrected chi connectivity index (χ3v) is 6.55. The largest absolute Gasteiger partial charge is 0.324 e. The molecule has 4 nitrogen and oxygen atoms in total. The number of thioether (sulfide) groups is 1. The molecule has 0 aliphatic carbocycles. The SMILES string of the molecule is CC(N)c1cccc(S(=O)(=O)N2CCSC(C)(C)C2)c1. The first-order valence-electron chi connectivity index (χ1n) is 6.72. The van der Waals surface area contributed by atoms with Crippen molar-refractivity contribution in [3.63, 3.8) is 0 Å². The lowest BCUT2D eigenvalue weighted by Crippen LogP contribution is -2.46. The van der Waals surface area contributed by atoms with Crippen LogP contribution in [0.5, 0.6) is 0 Å². The number of nitrogens with zero attached hydrogens (tertiary/aromatic N) is 1. The molecular weight excluding hydrogens is 292 g/mol. The second-order valence-corrected chi connectivity index (χ2v) is 9.55. The van der Waals surface area contributed by atoms with Crippen LogP contribution in [0, 0.1) is 0 Å². The molecule has 0 spiro atoms. The van der Waals surface area contributed by atoms with Crippen molar-refractivity contribution in [1.82, 2.24) is 4.31 Å². The van der Waals surface area contributed by atoms with Crippen LogP contribution in [0.3, 0.4) is 0 Å². The van der Waals surface area contributed by atoms with Gasteiger partial charge in [0.1, 0.15) is 0 Å². The van der Waals surface area contributed by atoms with Gasteiger partial charge in [0.2, 0.25) is 10.0 Å². The monoisotopic (exact) mass is 314 g/mol. The Bertz CT molecular complexity index is 583. The van der Waals surface area contributed by atoms with Gasteiger partial charge in [-0.3, -0.25) is 0 Å². The van der Waals surface area contributed by atoms with Gasteiger partial charge < -0.3 is 5.73 Å². The van der Waals surface area contributed by atoms with Gasteiger partial charge in [-0.2, -0.15) is 16.1 Å². The lowest BCUT2D eigenvalue weighted by molar-refractivity contribution is 0.387. The van der Waals surface area contributed by atoms with Crippen LogP contribution < -0.4 is 5.73 Å². The molecule has 20 heavy (non-hydrogen) atoms. The Labute approximate surface area is 125 Å². The summed E-state index contributed by atoms with van der Waals surface area (Å²) in [6.45, 7) is 7.13. The van der Waals surface area contributed by atoms with E-state index in [9.17, 15) is 8.42 Å². The normalized spacial score (nSPS) is 21.6. The third-order valence-electron chi connectivity index (χ3n) is 3.41. The van der Waals surface area contributed by atoms with E-state index in [-0.39, 0.29) is 10.8 Å². The van der Waals surface area contributed by atoms with Gasteiger partial charge in [-0.05, 0) is 38.5 Å². The smallest absolute Gasteiger partial charge is 0.243 e. The number of hydrogen-bond donors (Lipinski definition) is 1. The molecule has 0 radical (unpaired) electrons. The summed E-state index contributed by atoms with van der Waals surface area (Å²) in [7, 11) is -3.42. The van der Waals surface area contributed by atoms with Crippen molar-refractivity contribution >= 4 is 21.8 Å². The lowest BCUT2D eigenvalue weighted by atomic mass is 10.1. The minimum atomic E-state index is -3.42. The first-order valence-corrected chi connectivity index (χ1v) is 9.15. The molecule has 1 aromatic carbocycles. The van der Waals surface area contributed by atoms with Crippen molar-refractivity contribution in [3.05, 3.63) is 29.8 Å². The van der Waals surface area contributed by atoms with Crippen LogP contribution in [0.2, 0.25) is 0 Å². The summed E-state index contributed by atoms with van der Waals surface area (Å²) in [5.74, 6) is 0.833. The van der Waals surface area contributed by atoms with E-state index in [4.69, 9.17) is 5.73 Å². The van der Waals surface area contributed by atoms with Gasteiger partial charge in [0.25, 0.3) is 0 Å². The van der Waals surface area contributed by atoms with Crippen LogP contribution in [0.15, 0.2) is 29.2 Å². The summed E-state index contributed by atoms with van der Waals surface area (Å²) in [4.78, 5) is 0.343. The Morgan fingerprint density at radius 2 is 2.10 bits per heavy atom. The lowest BCUT2D eigenvalue weighted by Gasteiger charge is -2.36. The van der Waals surface area contributed by atoms with E-state index in [0.717, 1.165) is 11.3 Å². The molecule has 0 aromatic heterocycles. The Kier molecular flexibility index (Phi) is 4.49. The maximum atomic E-state index is 12.7. The maximum absolute atomic E-state index is 12.7. The molecule has 1 fully saturated rings. The van der Waals surface area contributed by atoms with Gasteiger partial charge in [-0.1, -0.05) is 12.1 Å². The van der Waals surface area contributed by atoms with Gasteiger partial charge in [-0.25, -0.2) is 8.42 Å². The average molecular weight is 314 g/mol. The first kappa shape index (κ1) is 15.8. The highest BCUT2D eigenvalue weighted by Gasteiger charge is 2.34. The zero-order valence-electron chi connectivity index (χ0n) is 12.2. The number of nitrogens with two attached hydrogens (primary N) is 1. The zero-order chi connectivity index (χ0) is 15.0. The van der Waals surface area contributed by atoms with Crippen LogP contribution in [0.25, 0.3) is 0 Å². The predicted octanol–water partition coefficient (Wildman–Crippen LogP) is 2.22. The molecule has 1 aliphatic heterocycles. The van der Waals surface area contributed by atoms with E-state index in [2.05, 4.69) is 13.8 Å². The Balaban J connectivity index is 2.33. The summed E-state index contributed by atoms with van der Waals surface area (Å²) < 4.78 is 27.0. The van der Waals surface area contributed by atoms with Crippen LogP contribution in [0.4, 0.5) is 0 Å². The summed E-state index contributed by atoms with van der Waals surface area (Å²) in [6, 6.07) is 6.79. The quantitative estimate of drug-likeness (QED) is 0.929. The third kappa shape index (κ3) is 3.36. The molecule has 0 saturated carbocycles. The van der Waals surface area contributed by atoms with Gasteiger partial charge in [0, 0.05) is 29.6 Å². The van der Waals surface area contributed by atoms with Gasteiger partial charge in [0.15, 0.2) is 0 Å². The van der Waals surface area contributed by atoms with Crippen LogP contribution in [-0.4, -0.2) is 36.3 Å². The highest BCUT2D eigenvalue weighted by Crippen LogP contribution is 2.32. The predicted molar refractivity (Wildman–Crippen MR) is 84.3 cm³/mol. The Morgan fingerprint density at radius 3 is 2.70 bits per heavy atom. The summed E-state index contributed by atoms with van der Waals surface area (Å²) >= 11 is 1.82. The minimum Gasteiger partial charge on any atom is -0.324 e. The van der Waals surface area contributed by atoms with Crippen molar-refractivity contribution in [1.29, 1.82) is 0 Å². The zero-order valence-corrected chi connectivity index (χ0v) is 13.8. The Hall–Kier alpha value is -0.560. The first-order chi connectivity index (χ1) is 9.22. The molecule has 2 rings (SSSR count). The molecule has 0 amide bonds. The topological polar surface area (TPSA) is 63.4 Å². The van der Waals surface area contributed by atoms with Crippen molar-refractivity contribution in [2.24, 2.45) is 5.73 Å². The van der Waals surface area contributed by atoms with E-state index in [0.29, 0.717) is 18.0 Å². The van der Waals surface area contributed by atoms with Crippen molar-refractivity contribution < 1.29 is 8.42 Å². The molecule has 2 N–H and O–H groups in total. The van der Waals surface area contributed by atoms with Gasteiger partial charge >= 0.3 is 0 Å². The van der Waals surface area contributed by atoms with Crippen LogP contribution in [-0.2, 0) is 10.0 Å². The van der Waals surface area contributed by atoms with Crippen molar-refractivity contribution in [2.75, 3.05) is 18.8 Å². The molecule has 6 heteroatoms. The molecule has 1 heterocycles. The second-order valence-electron chi connectivity index (χ2n) is 5.81. The summed E-state index contributed by atoms with van der Waals surface area (Å²) in [5.41, 5.74) is 6.68. The molecule has 1 atom stereocenters. The summed E-state index contributed by atoms with van der Waals surface area (Å²) in [5, 5.41) is 0. The molecule has 112 valence electrons. The van der Waals surface area contributed by atoms with E-state index >= 15 is 0 Å². The number of rotatable bonds is 3. The van der Waals surface area contributed by atoms with E-state index in [1.165, 1.54) is 0 Å². The molecular formula is C14H22N2O2S2. The maximum Gasteiger partial charge on any atom is 0.243 e. The van der Waals surface area contributed by atoms with Gasteiger partial charge in [0.05, 0.1) is 4.90 Å². The van der Waals surface area contributed by atoms with Crippen LogP contribution >= 0.6 is 11.8 Å². The van der Waals surface area contributed by atoms with Crippen molar-refractivity contribution in [3.8, 4) is 0 Å². The standard InChI is InChI=1S/C14H22N2O2S2/c1-11(15)12-5-4-6-13(9-12)20(17,18)16-7-8-19-14(2,3)10-16/h4-6,9,11H,7-8,10,15H2,1-3H3. The molecule has 1 aliphatic rings. The van der Waals surface area contributed by atoms with E-state index in [1.807, 2.05) is 24.8 Å². The number of sulfonamides is 1. The van der Waals surface area contributed by atoms with Gasteiger partial charge in [-0.15, -0.1) is 0 Å². The van der Waals surface area contributed by atoms with Crippen molar-refractivity contribution in [2.45, 2.75) is 36.5 Å². The fraction of sp³-hybridized carbons (Fsp3) is 0.571. The average Bonchev–Trinajstić information content (AvgIpc) is 2.37. The highest BCUT2D eigenvalue weighted by atomic mass is 32.2. The van der Waals surface area contributed by atoms with Crippen LogP contribution in [0.1, 0.15) is 32.4 Å². The fourth-order valence-corrected chi connectivity index (χ4v) is 5.25. The minimum absolute atomic E-state index is 0.0376. The van der Waals surface area contributed by atoms with E-state index < -0.39 is 10.0 Å². The number of hydrogen-bond acceptors (Lipinski definition) is 4. The molecule has 1 unspecified atom stereocenters. The fourth-order valence-electron chi connectivity index (χ4n) is 2.29. The highest BCUT2D eigenvalue weighted by molar-refractivity contribution is 8.00.